The summed E-state index contributed by atoms with van der Waals surface area (Å²) in [7, 11) is 1.16. The topological polar surface area (TPSA) is 155 Å². The average Bonchev–Trinajstić information content (AvgIpc) is 3.43. The molecule has 0 saturated carbocycles. The Morgan fingerprint density at radius 3 is 2.30 bits per heavy atom. The highest BCUT2D eigenvalue weighted by Gasteiger charge is 2.36. The number of hydrogen-bond acceptors (Lipinski definition) is 7. The molecule has 12 nitrogen and oxygen atoms in total. The van der Waals surface area contributed by atoms with Gasteiger partial charge in [-0.25, -0.2) is 14.4 Å². The quantitative estimate of drug-likeness (QED) is 0.252. The summed E-state index contributed by atoms with van der Waals surface area (Å²) in [6, 6.07) is 23.7. The lowest BCUT2D eigenvalue weighted by Crippen LogP contribution is -2.50. The Morgan fingerprint density at radius 2 is 1.60 bits per heavy atom. The van der Waals surface area contributed by atoms with Crippen LogP contribution in [0.15, 0.2) is 84.9 Å². The zero-order chi connectivity index (χ0) is 30.6. The van der Waals surface area contributed by atoms with E-state index >= 15 is 0 Å². The number of esters is 1. The summed E-state index contributed by atoms with van der Waals surface area (Å²) in [4.78, 5) is 64.0. The van der Waals surface area contributed by atoms with E-state index in [9.17, 15) is 24.0 Å². The second-order valence-corrected chi connectivity index (χ2v) is 9.78. The number of ether oxygens (including phenoxy) is 2. The first-order valence-corrected chi connectivity index (χ1v) is 13.6. The summed E-state index contributed by atoms with van der Waals surface area (Å²) in [5, 5.41) is 10.6. The Hall–Kier alpha value is -5.39. The first-order valence-electron chi connectivity index (χ1n) is 13.6. The molecule has 1 saturated heterocycles. The minimum Gasteiger partial charge on any atom is -0.467 e. The fraction of sp³-hybridized carbons (Fsp3) is 0.258. The molecule has 0 aliphatic carbocycles. The van der Waals surface area contributed by atoms with Crippen LogP contribution in [-0.2, 0) is 37.0 Å². The molecular formula is C31H33N5O7. The number of nitrogens with one attached hydrogen (secondary N) is 4. The summed E-state index contributed by atoms with van der Waals surface area (Å²) >= 11 is 0. The van der Waals surface area contributed by atoms with E-state index in [4.69, 9.17) is 9.47 Å². The molecule has 1 aliphatic rings. The molecule has 0 aromatic heterocycles. The zero-order valence-electron chi connectivity index (χ0n) is 23.6. The highest BCUT2D eigenvalue weighted by molar-refractivity contribution is 6.01. The second-order valence-electron chi connectivity index (χ2n) is 9.78. The SMILES string of the molecule is COC(=O)C(CNC(=O)C1CC(=O)N(c2cccc(NC(=O)NCc3ccccc3)c2)C1)NC(=O)OCc1ccccc1. The van der Waals surface area contributed by atoms with Crippen LogP contribution in [0.1, 0.15) is 17.5 Å². The third kappa shape index (κ3) is 9.05. The Labute approximate surface area is 248 Å². The molecule has 3 aromatic rings. The molecule has 0 spiro atoms. The van der Waals surface area contributed by atoms with Crippen molar-refractivity contribution >= 4 is 41.3 Å². The van der Waals surface area contributed by atoms with Crippen LogP contribution in [-0.4, -0.2) is 56.1 Å². The third-order valence-corrected chi connectivity index (χ3v) is 6.68. The molecule has 1 heterocycles. The number of benzene rings is 3. The smallest absolute Gasteiger partial charge is 0.408 e. The van der Waals surface area contributed by atoms with Gasteiger partial charge in [-0.3, -0.25) is 9.59 Å². The number of amides is 5. The van der Waals surface area contributed by atoms with Crippen molar-refractivity contribution in [2.75, 3.05) is 30.4 Å². The lowest BCUT2D eigenvalue weighted by Gasteiger charge is -2.19. The van der Waals surface area contributed by atoms with Crippen LogP contribution < -0.4 is 26.2 Å². The van der Waals surface area contributed by atoms with Gasteiger partial charge in [0.25, 0.3) is 0 Å². The van der Waals surface area contributed by atoms with Gasteiger partial charge in [-0.1, -0.05) is 66.7 Å². The minimum atomic E-state index is -1.19. The lowest BCUT2D eigenvalue weighted by atomic mass is 10.1. The summed E-state index contributed by atoms with van der Waals surface area (Å²) < 4.78 is 9.90. The van der Waals surface area contributed by atoms with E-state index < -0.39 is 36.0 Å². The lowest BCUT2D eigenvalue weighted by molar-refractivity contribution is -0.143. The first kappa shape index (κ1) is 30.6. The number of alkyl carbamates (subject to hydrolysis) is 1. The van der Waals surface area contributed by atoms with Crippen molar-refractivity contribution in [3.8, 4) is 0 Å². The molecule has 3 aromatic carbocycles. The molecule has 0 radical (unpaired) electrons. The molecule has 224 valence electrons. The number of hydrogen-bond donors (Lipinski definition) is 4. The summed E-state index contributed by atoms with van der Waals surface area (Å²) in [6.45, 7) is 0.203. The predicted octanol–water partition coefficient (Wildman–Crippen LogP) is 2.95. The Morgan fingerprint density at radius 1 is 0.907 bits per heavy atom. The van der Waals surface area contributed by atoms with E-state index in [-0.39, 0.29) is 32.0 Å². The van der Waals surface area contributed by atoms with E-state index in [0.717, 1.165) is 18.2 Å². The molecule has 4 N–H and O–H groups in total. The number of methoxy groups -OCH3 is 1. The predicted molar refractivity (Wildman–Crippen MR) is 158 cm³/mol. The van der Waals surface area contributed by atoms with Gasteiger partial charge in [0, 0.05) is 37.4 Å². The van der Waals surface area contributed by atoms with Crippen LogP contribution in [0.5, 0.6) is 0 Å². The molecule has 2 atom stereocenters. The van der Waals surface area contributed by atoms with E-state index in [2.05, 4.69) is 21.3 Å². The molecule has 0 bridgehead atoms. The number of urea groups is 1. The van der Waals surface area contributed by atoms with Crippen molar-refractivity contribution in [1.82, 2.24) is 16.0 Å². The highest BCUT2D eigenvalue weighted by atomic mass is 16.6. The number of rotatable bonds is 11. The first-order chi connectivity index (χ1) is 20.8. The molecule has 43 heavy (non-hydrogen) atoms. The normalized spacial score (nSPS) is 14.8. The van der Waals surface area contributed by atoms with Gasteiger partial charge in [-0.2, -0.15) is 0 Å². The summed E-state index contributed by atoms with van der Waals surface area (Å²) in [5.41, 5.74) is 2.73. The number of anilines is 2. The van der Waals surface area contributed by atoms with Crippen LogP contribution in [0.3, 0.4) is 0 Å². The molecule has 4 rings (SSSR count). The Bertz CT molecular complexity index is 1430. The zero-order valence-corrected chi connectivity index (χ0v) is 23.6. The number of carbonyl (C=O) groups excluding carboxylic acids is 5. The van der Waals surface area contributed by atoms with Crippen molar-refractivity contribution < 1.29 is 33.4 Å². The van der Waals surface area contributed by atoms with Gasteiger partial charge in [-0.15, -0.1) is 0 Å². The van der Waals surface area contributed by atoms with Gasteiger partial charge < -0.3 is 35.6 Å². The van der Waals surface area contributed by atoms with Gasteiger partial charge >= 0.3 is 18.1 Å². The number of carbonyl (C=O) groups is 5. The maximum atomic E-state index is 12.9. The van der Waals surface area contributed by atoms with Gasteiger partial charge in [0.1, 0.15) is 12.6 Å². The summed E-state index contributed by atoms with van der Waals surface area (Å²) in [6.07, 6.45) is -0.894. The van der Waals surface area contributed by atoms with E-state index in [0.29, 0.717) is 17.9 Å². The molecule has 5 amide bonds. The third-order valence-electron chi connectivity index (χ3n) is 6.68. The van der Waals surface area contributed by atoms with Gasteiger partial charge in [0.15, 0.2) is 0 Å². The standard InChI is InChI=1S/C31H33N5O7/c1-42-29(39)26(35-31(41)43-20-22-11-6-3-7-12-22)18-32-28(38)23-15-27(37)36(19-23)25-14-8-13-24(16-25)34-30(40)33-17-21-9-4-2-5-10-21/h2-14,16,23,26H,15,17-20H2,1H3,(H,32,38)(H,35,41)(H2,33,34,40). The minimum absolute atomic E-state index is 0.00201. The van der Waals surface area contributed by atoms with Gasteiger partial charge in [-0.05, 0) is 29.3 Å². The van der Waals surface area contributed by atoms with Crippen LogP contribution in [0.4, 0.5) is 21.0 Å². The maximum Gasteiger partial charge on any atom is 0.408 e. The van der Waals surface area contributed by atoms with Crippen LogP contribution in [0.25, 0.3) is 0 Å². The summed E-state index contributed by atoms with van der Waals surface area (Å²) in [5.74, 6) is -2.18. The van der Waals surface area contributed by atoms with E-state index in [1.54, 1.807) is 48.5 Å². The van der Waals surface area contributed by atoms with Crippen molar-refractivity contribution in [2.45, 2.75) is 25.6 Å². The molecule has 1 aliphatic heterocycles. The fourth-order valence-corrected chi connectivity index (χ4v) is 4.43. The van der Waals surface area contributed by atoms with Crippen molar-refractivity contribution in [3.63, 3.8) is 0 Å². The Balaban J connectivity index is 1.27. The van der Waals surface area contributed by atoms with Crippen LogP contribution in [0, 0.1) is 5.92 Å². The molecule has 12 heteroatoms. The molecular weight excluding hydrogens is 554 g/mol. The van der Waals surface area contributed by atoms with Crippen molar-refractivity contribution in [2.24, 2.45) is 5.92 Å². The van der Waals surface area contributed by atoms with Crippen molar-refractivity contribution in [1.29, 1.82) is 0 Å². The fourth-order valence-electron chi connectivity index (χ4n) is 4.43. The maximum absolute atomic E-state index is 12.9. The largest absolute Gasteiger partial charge is 0.467 e. The van der Waals surface area contributed by atoms with Crippen molar-refractivity contribution in [3.05, 3.63) is 96.1 Å². The molecule has 2 unspecified atom stereocenters. The Kier molecular flexibility index (Phi) is 10.7. The van der Waals surface area contributed by atoms with Crippen LogP contribution >= 0.6 is 0 Å². The monoisotopic (exact) mass is 587 g/mol. The molecule has 1 fully saturated rings. The van der Waals surface area contributed by atoms with Gasteiger partial charge in [0.05, 0.1) is 13.0 Å². The van der Waals surface area contributed by atoms with Gasteiger partial charge in [0.2, 0.25) is 11.8 Å². The second kappa shape index (κ2) is 15.0. The van der Waals surface area contributed by atoms with Crippen LogP contribution in [0.2, 0.25) is 0 Å². The van der Waals surface area contributed by atoms with E-state index in [1.165, 1.54) is 4.90 Å². The van der Waals surface area contributed by atoms with E-state index in [1.807, 2.05) is 36.4 Å². The number of nitrogens with zero attached hydrogens (tertiary/aromatic N) is 1. The average molecular weight is 588 g/mol. The highest BCUT2D eigenvalue weighted by Crippen LogP contribution is 2.27.